The van der Waals surface area contributed by atoms with Crippen LogP contribution in [0.3, 0.4) is 0 Å². The van der Waals surface area contributed by atoms with Gasteiger partial charge in [0, 0.05) is 0 Å². The molecule has 1 aliphatic carbocycles. The van der Waals surface area contributed by atoms with Crippen LogP contribution in [0, 0.1) is 0 Å². The van der Waals surface area contributed by atoms with E-state index in [4.69, 9.17) is 3.32 Å². The second-order valence-electron chi connectivity index (χ2n) is 10.1. The first kappa shape index (κ1) is 30.6. The SMILES string of the molecule is CC[Si](CC)=[Ti+2]([O]c1ccc2ccccc2c1)[CH]1c2ccc(N(C)C)cc2-c2cc(N(C)C)ccc21.[Cl-].[Cl-]. The van der Waals surface area contributed by atoms with Crippen LogP contribution in [0.4, 0.5) is 11.4 Å². The van der Waals surface area contributed by atoms with E-state index in [1.54, 1.807) is 0 Å². The Morgan fingerprint density at radius 2 is 1.21 bits per heavy atom. The standard InChI is InChI=1S/C17H19N2.C10H8O.C4H10Si.2ClH.Ti/c1-18(2)14-7-5-12-9-13-6-8-15(19(3)4)11-17(13)16(12)10-14;11-10-6-5-8-3-1-2-4-9(8)7-10;1-3-5-4-2;;;/h5-11H,1-4H3;1-7,11H;3-4H2,1-2H3;2*1H;/q;;;;;+3/p-3. The first-order valence-electron chi connectivity index (χ1n) is 12.9. The molecule has 0 amide bonds. The van der Waals surface area contributed by atoms with E-state index in [0.717, 1.165) is 5.75 Å². The number of benzene rings is 4. The van der Waals surface area contributed by atoms with Crippen LogP contribution in [-0.4, -0.2) is 34.4 Å². The molecule has 3 nitrogen and oxygen atoms in total. The molecule has 0 saturated carbocycles. The molecule has 0 unspecified atom stereocenters. The third-order valence-corrected chi connectivity index (χ3v) is 20.5. The van der Waals surface area contributed by atoms with E-state index in [1.165, 1.54) is 56.5 Å². The van der Waals surface area contributed by atoms with E-state index in [9.17, 15) is 0 Å². The Morgan fingerprint density at radius 1 is 0.684 bits per heavy atom. The van der Waals surface area contributed by atoms with E-state index in [1.807, 2.05) is 0 Å². The van der Waals surface area contributed by atoms with Gasteiger partial charge in [-0.1, -0.05) is 0 Å². The number of anilines is 2. The molecule has 4 aromatic rings. The van der Waals surface area contributed by atoms with E-state index in [0.29, 0.717) is 4.22 Å². The maximum atomic E-state index is 7.21. The van der Waals surface area contributed by atoms with Crippen molar-refractivity contribution >= 4 is 28.3 Å². The van der Waals surface area contributed by atoms with Crippen LogP contribution >= 0.6 is 0 Å². The number of rotatable bonds is 7. The van der Waals surface area contributed by atoms with Gasteiger partial charge < -0.3 is 24.8 Å². The average Bonchev–Trinajstić information content (AvgIpc) is 3.21. The molecular weight excluding hydrogens is 563 g/mol. The van der Waals surface area contributed by atoms with Gasteiger partial charge in [-0.25, -0.2) is 0 Å². The number of hydrogen-bond acceptors (Lipinski definition) is 3. The van der Waals surface area contributed by atoms with Crippen molar-refractivity contribution in [2.45, 2.75) is 30.2 Å². The van der Waals surface area contributed by atoms with Gasteiger partial charge in [0.05, 0.1) is 0 Å². The van der Waals surface area contributed by atoms with Gasteiger partial charge in [0.1, 0.15) is 0 Å². The Kier molecular flexibility index (Phi) is 10.4. The van der Waals surface area contributed by atoms with Crippen molar-refractivity contribution in [1.29, 1.82) is 0 Å². The number of halogens is 2. The maximum absolute atomic E-state index is 7.21. The minimum atomic E-state index is -2.06. The minimum Gasteiger partial charge on any atom is -1.00 e. The van der Waals surface area contributed by atoms with Gasteiger partial charge in [-0.05, 0) is 0 Å². The van der Waals surface area contributed by atoms with E-state index < -0.39 is 23.2 Å². The third kappa shape index (κ3) is 5.80. The van der Waals surface area contributed by atoms with Crippen molar-refractivity contribution in [3.05, 3.63) is 90.0 Å². The molecule has 0 atom stereocenters. The fraction of sp³-hybridized carbons (Fsp3) is 0.290. The smallest absolute Gasteiger partial charge is 1.00 e. The quantitative estimate of drug-likeness (QED) is 0.301. The monoisotopic (exact) mass is 598 g/mol. The van der Waals surface area contributed by atoms with Crippen molar-refractivity contribution in [3.63, 3.8) is 0 Å². The van der Waals surface area contributed by atoms with E-state index >= 15 is 0 Å². The molecule has 4 aromatic carbocycles. The Morgan fingerprint density at radius 3 is 1.71 bits per heavy atom. The zero-order chi connectivity index (χ0) is 25.4. The summed E-state index contributed by atoms with van der Waals surface area (Å²) in [7, 11) is 8.51. The summed E-state index contributed by atoms with van der Waals surface area (Å²) in [5.74, 6) is 1.05. The second kappa shape index (κ2) is 12.9. The molecule has 198 valence electrons. The van der Waals surface area contributed by atoms with Crippen LogP contribution in [-0.2, 0) is 17.0 Å². The molecule has 0 aromatic heterocycles. The molecule has 0 heterocycles. The Bertz CT molecular complexity index is 1410. The summed E-state index contributed by atoms with van der Waals surface area (Å²) < 4.78 is 7.62. The Hall–Kier alpha value is -1.95. The summed E-state index contributed by atoms with van der Waals surface area (Å²) in [4.78, 5) is 4.42. The van der Waals surface area contributed by atoms with Gasteiger partial charge >= 0.3 is 224 Å². The number of hydrogen-bond donors (Lipinski definition) is 0. The summed E-state index contributed by atoms with van der Waals surface area (Å²) in [6, 6.07) is 31.9. The Balaban J connectivity index is 0.00000200. The van der Waals surface area contributed by atoms with Crippen LogP contribution in [0.2, 0.25) is 12.1 Å². The number of nitrogens with zero attached hydrogens (tertiary/aromatic N) is 2. The first-order chi connectivity index (χ1) is 17.4. The van der Waals surface area contributed by atoms with Crippen LogP contribution < -0.4 is 37.9 Å². The largest absolute Gasteiger partial charge is 1.00 e. The zero-order valence-corrected chi connectivity index (χ0v) is 27.1. The second-order valence-corrected chi connectivity index (χ2v) is 20.4. The maximum Gasteiger partial charge on any atom is -1.00 e. The third-order valence-electron chi connectivity index (χ3n) is 7.43. The molecule has 0 N–H and O–H groups in total. The predicted octanol–water partition coefficient (Wildman–Crippen LogP) is 1.69. The molecule has 38 heavy (non-hydrogen) atoms. The summed E-state index contributed by atoms with van der Waals surface area (Å²) >= 11 is -2.06. The molecule has 0 aliphatic heterocycles. The zero-order valence-electron chi connectivity index (χ0n) is 23.1. The van der Waals surface area contributed by atoms with Gasteiger partial charge in [-0.15, -0.1) is 0 Å². The topological polar surface area (TPSA) is 15.7 Å². The van der Waals surface area contributed by atoms with Gasteiger partial charge in [-0.2, -0.15) is 0 Å². The Labute approximate surface area is 247 Å². The normalized spacial score (nSPS) is 11.4. The van der Waals surface area contributed by atoms with Gasteiger partial charge in [0.15, 0.2) is 0 Å². The summed E-state index contributed by atoms with van der Waals surface area (Å²) in [6.07, 6.45) is -0.607. The molecule has 0 radical (unpaired) electrons. The molecular formula is C31H36Cl2N2OSiTi. The molecule has 0 spiro atoms. The van der Waals surface area contributed by atoms with Crippen molar-refractivity contribution in [2.75, 3.05) is 38.0 Å². The minimum absolute atomic E-state index is 0. The molecule has 0 fully saturated rings. The van der Waals surface area contributed by atoms with Crippen molar-refractivity contribution < 1.29 is 45.1 Å². The van der Waals surface area contributed by atoms with Gasteiger partial charge in [-0.3, -0.25) is 0 Å². The van der Waals surface area contributed by atoms with E-state index in [-0.39, 0.29) is 24.8 Å². The van der Waals surface area contributed by atoms with Crippen molar-refractivity contribution in [1.82, 2.24) is 0 Å². The fourth-order valence-corrected chi connectivity index (χ4v) is 17.2. The van der Waals surface area contributed by atoms with Crippen LogP contribution in [0.25, 0.3) is 21.9 Å². The molecule has 7 heteroatoms. The van der Waals surface area contributed by atoms with Gasteiger partial charge in [0.25, 0.3) is 0 Å². The molecule has 5 rings (SSSR count). The van der Waals surface area contributed by atoms with E-state index in [2.05, 4.69) is 131 Å². The predicted molar refractivity (Wildman–Crippen MR) is 154 cm³/mol. The fourth-order valence-electron chi connectivity index (χ4n) is 5.36. The number of fused-ring (bicyclic) bond motifs is 4. The molecule has 1 aliphatic rings. The summed E-state index contributed by atoms with van der Waals surface area (Å²) in [6.45, 7) is 4.77. The van der Waals surface area contributed by atoms with Crippen LogP contribution in [0.1, 0.15) is 29.2 Å². The molecule has 0 saturated heterocycles. The first-order valence-corrected chi connectivity index (χ1v) is 18.7. The molecule has 0 bridgehead atoms. The van der Waals surface area contributed by atoms with Gasteiger partial charge in [0.2, 0.25) is 0 Å². The summed E-state index contributed by atoms with van der Waals surface area (Å²) in [5, 5.41) is 2.53. The summed E-state index contributed by atoms with van der Waals surface area (Å²) in [5.41, 5.74) is 8.25. The van der Waals surface area contributed by atoms with Crippen LogP contribution in [0.5, 0.6) is 5.75 Å². The average molecular weight is 600 g/mol. The van der Waals surface area contributed by atoms with Crippen molar-refractivity contribution in [2.24, 2.45) is 0 Å². The van der Waals surface area contributed by atoms with Crippen molar-refractivity contribution in [3.8, 4) is 16.9 Å². The van der Waals surface area contributed by atoms with Crippen LogP contribution in [0.15, 0.2) is 78.9 Å².